The van der Waals surface area contributed by atoms with E-state index in [9.17, 15) is 4.79 Å². The number of nitrogens with one attached hydrogen (secondary N) is 2. The molecule has 0 unspecified atom stereocenters. The van der Waals surface area contributed by atoms with Crippen LogP contribution in [0.5, 0.6) is 0 Å². The van der Waals surface area contributed by atoms with Gasteiger partial charge in [0.15, 0.2) is 0 Å². The van der Waals surface area contributed by atoms with Gasteiger partial charge in [-0.05, 0) is 0 Å². The van der Waals surface area contributed by atoms with E-state index in [0.717, 1.165) is 6.54 Å². The van der Waals surface area contributed by atoms with Crippen molar-refractivity contribution < 1.29 is 4.79 Å². The lowest BCUT2D eigenvalue weighted by atomic mass is 10.6. The number of carbonyl (C=O) groups is 1. The van der Waals surface area contributed by atoms with Gasteiger partial charge < -0.3 is 10.6 Å². The van der Waals surface area contributed by atoms with E-state index in [1.807, 2.05) is 0 Å². The third-order valence-electron chi connectivity index (χ3n) is 0.676. The van der Waals surface area contributed by atoms with E-state index in [4.69, 9.17) is 0 Å². The molecule has 0 aromatic rings. The molecule has 0 aliphatic heterocycles. The average molecular weight is 115 g/mol. The van der Waals surface area contributed by atoms with Gasteiger partial charge in [-0.3, -0.25) is 4.79 Å². The van der Waals surface area contributed by atoms with E-state index >= 15 is 0 Å². The number of hydrogen-bond donors (Lipinski definition) is 2. The molecule has 1 radical (unpaired) electrons. The largest absolute Gasteiger partial charge is 0.355 e. The van der Waals surface area contributed by atoms with Crippen molar-refractivity contribution in [2.45, 2.75) is 6.92 Å². The molecule has 0 fully saturated rings. The van der Waals surface area contributed by atoms with E-state index in [0.29, 0.717) is 6.54 Å². The summed E-state index contributed by atoms with van der Waals surface area (Å²) in [6.45, 7) is 2.86. The highest BCUT2D eigenvalue weighted by Crippen LogP contribution is 1.57. The zero-order valence-electron chi connectivity index (χ0n) is 5.03. The molecule has 8 heavy (non-hydrogen) atoms. The Labute approximate surface area is 49.5 Å². The van der Waals surface area contributed by atoms with Gasteiger partial charge >= 0.3 is 0 Å². The van der Waals surface area contributed by atoms with Crippen LogP contribution in [0.1, 0.15) is 6.92 Å². The van der Waals surface area contributed by atoms with Crippen LogP contribution in [0.15, 0.2) is 0 Å². The molecular weight excluding hydrogens is 104 g/mol. The summed E-state index contributed by atoms with van der Waals surface area (Å²) in [5.41, 5.74) is 0. The summed E-state index contributed by atoms with van der Waals surface area (Å²) >= 11 is 0. The first-order chi connectivity index (χ1) is 3.77. The fourth-order valence-corrected chi connectivity index (χ4v) is 0.327. The molecule has 0 saturated carbocycles. The fraction of sp³-hybridized carbons (Fsp3) is 0.600. The van der Waals surface area contributed by atoms with Crippen LogP contribution in [0.3, 0.4) is 0 Å². The predicted octanol–water partition coefficient (Wildman–Crippen LogP) is -0.496. The molecule has 0 rings (SSSR count). The third-order valence-corrected chi connectivity index (χ3v) is 0.676. The Morgan fingerprint density at radius 2 is 2.25 bits per heavy atom. The number of rotatable bonds is 3. The highest BCUT2D eigenvalue weighted by molar-refractivity contribution is 5.72. The maximum absolute atomic E-state index is 10.2. The van der Waals surface area contributed by atoms with Gasteiger partial charge in [0, 0.05) is 27.1 Å². The lowest BCUT2D eigenvalue weighted by molar-refractivity contribution is -0.118. The first-order valence-electron chi connectivity index (χ1n) is 2.51. The van der Waals surface area contributed by atoms with Crippen molar-refractivity contribution in [3.05, 3.63) is 7.05 Å². The quantitative estimate of drug-likeness (QED) is 0.487. The van der Waals surface area contributed by atoms with Gasteiger partial charge in [-0.25, -0.2) is 0 Å². The van der Waals surface area contributed by atoms with Gasteiger partial charge in [0.05, 0.1) is 0 Å². The van der Waals surface area contributed by atoms with Gasteiger partial charge in [-0.15, -0.1) is 0 Å². The minimum Gasteiger partial charge on any atom is -0.355 e. The molecule has 0 heterocycles. The van der Waals surface area contributed by atoms with Crippen LogP contribution in [0.4, 0.5) is 0 Å². The number of hydrogen-bond acceptors (Lipinski definition) is 2. The van der Waals surface area contributed by atoms with Crippen LogP contribution >= 0.6 is 0 Å². The Hall–Kier alpha value is -0.570. The molecule has 2 N–H and O–H groups in total. The van der Waals surface area contributed by atoms with Crippen molar-refractivity contribution in [1.29, 1.82) is 0 Å². The van der Waals surface area contributed by atoms with E-state index < -0.39 is 0 Å². The van der Waals surface area contributed by atoms with Gasteiger partial charge in [-0.1, -0.05) is 0 Å². The first-order valence-corrected chi connectivity index (χ1v) is 2.51. The van der Waals surface area contributed by atoms with Gasteiger partial charge in [0.2, 0.25) is 5.91 Å². The molecule has 0 spiro atoms. The van der Waals surface area contributed by atoms with Crippen LogP contribution in [-0.4, -0.2) is 19.0 Å². The molecule has 3 nitrogen and oxygen atoms in total. The van der Waals surface area contributed by atoms with E-state index in [-0.39, 0.29) is 5.91 Å². The van der Waals surface area contributed by atoms with Gasteiger partial charge in [-0.2, -0.15) is 0 Å². The minimum absolute atomic E-state index is 0.000231. The normalized spacial score (nSPS) is 8.75. The van der Waals surface area contributed by atoms with Crippen LogP contribution in [0.2, 0.25) is 0 Å². The highest BCUT2D eigenvalue weighted by Gasteiger charge is 1.85. The SMILES string of the molecule is [CH2]NCCNC(C)=O. The molecule has 47 valence electrons. The molecule has 0 aliphatic carbocycles. The monoisotopic (exact) mass is 115 g/mol. The Bertz CT molecular complexity index is 72.8. The van der Waals surface area contributed by atoms with E-state index in [2.05, 4.69) is 17.7 Å². The molecule has 0 atom stereocenters. The number of amides is 1. The van der Waals surface area contributed by atoms with Crippen LogP contribution in [0, 0.1) is 7.05 Å². The topological polar surface area (TPSA) is 41.1 Å². The lowest BCUT2D eigenvalue weighted by Crippen LogP contribution is -2.27. The summed E-state index contributed by atoms with van der Waals surface area (Å²) in [5.74, 6) is 0.000231. The fourth-order valence-electron chi connectivity index (χ4n) is 0.327. The van der Waals surface area contributed by atoms with Crippen LogP contribution in [0.25, 0.3) is 0 Å². The summed E-state index contributed by atoms with van der Waals surface area (Å²) in [7, 11) is 3.38. The van der Waals surface area contributed by atoms with Crippen LogP contribution < -0.4 is 10.6 Å². The highest BCUT2D eigenvalue weighted by atomic mass is 16.1. The molecular formula is C5H11N2O. The molecule has 0 aliphatic rings. The Balaban J connectivity index is 2.82. The van der Waals surface area contributed by atoms with Crippen molar-refractivity contribution >= 4 is 5.91 Å². The molecule has 3 heteroatoms. The standard InChI is InChI=1S/C5H11N2O/c1-5(8)7-4-3-6-2/h6H,2-4H2,1H3,(H,7,8). The first kappa shape index (κ1) is 7.43. The lowest BCUT2D eigenvalue weighted by Gasteiger charge is -1.97. The molecule has 1 amide bonds. The predicted molar refractivity (Wildman–Crippen MR) is 32.0 cm³/mol. The summed E-state index contributed by atoms with van der Waals surface area (Å²) in [6.07, 6.45) is 0. The number of carbonyl (C=O) groups excluding carboxylic acids is 1. The maximum atomic E-state index is 10.2. The van der Waals surface area contributed by atoms with Gasteiger partial charge in [0.25, 0.3) is 0 Å². The van der Waals surface area contributed by atoms with Crippen molar-refractivity contribution in [3.8, 4) is 0 Å². The Kier molecular flexibility index (Phi) is 4.26. The molecule has 0 saturated heterocycles. The second kappa shape index (κ2) is 4.59. The second-order valence-electron chi connectivity index (χ2n) is 1.48. The van der Waals surface area contributed by atoms with Crippen molar-refractivity contribution in [2.75, 3.05) is 13.1 Å². The van der Waals surface area contributed by atoms with E-state index in [1.54, 1.807) is 0 Å². The summed E-state index contributed by atoms with van der Waals surface area (Å²) in [4.78, 5) is 10.2. The molecule has 0 aromatic heterocycles. The summed E-state index contributed by atoms with van der Waals surface area (Å²) < 4.78 is 0. The van der Waals surface area contributed by atoms with Crippen molar-refractivity contribution in [3.63, 3.8) is 0 Å². The zero-order chi connectivity index (χ0) is 6.41. The summed E-state index contributed by atoms with van der Waals surface area (Å²) in [6, 6.07) is 0. The zero-order valence-corrected chi connectivity index (χ0v) is 5.03. The van der Waals surface area contributed by atoms with Crippen molar-refractivity contribution in [1.82, 2.24) is 10.6 Å². The summed E-state index contributed by atoms with van der Waals surface area (Å²) in [5, 5.41) is 5.26. The van der Waals surface area contributed by atoms with Crippen molar-refractivity contribution in [2.24, 2.45) is 0 Å². The van der Waals surface area contributed by atoms with Gasteiger partial charge in [0.1, 0.15) is 0 Å². The van der Waals surface area contributed by atoms with Crippen LogP contribution in [-0.2, 0) is 4.79 Å². The minimum atomic E-state index is 0.000231. The average Bonchev–Trinajstić information content (AvgIpc) is 1.66. The maximum Gasteiger partial charge on any atom is 0.216 e. The second-order valence-corrected chi connectivity index (χ2v) is 1.48. The smallest absolute Gasteiger partial charge is 0.216 e. The molecule has 0 aromatic carbocycles. The Morgan fingerprint density at radius 1 is 1.62 bits per heavy atom. The molecule has 0 bridgehead atoms. The Morgan fingerprint density at radius 3 is 2.62 bits per heavy atom. The third kappa shape index (κ3) is 5.43. The van der Waals surface area contributed by atoms with E-state index in [1.165, 1.54) is 6.92 Å².